The highest BCUT2D eigenvalue weighted by Gasteiger charge is 2.41. The van der Waals surface area contributed by atoms with Gasteiger partial charge in [0.05, 0.1) is 16.9 Å². The highest BCUT2D eigenvalue weighted by molar-refractivity contribution is 7.90. The zero-order valence-corrected chi connectivity index (χ0v) is 29.4. The molecule has 3 N–H and O–H groups in total. The largest absolute Gasteiger partial charge is 0.342 e. The van der Waals surface area contributed by atoms with Gasteiger partial charge in [0, 0.05) is 24.2 Å². The van der Waals surface area contributed by atoms with Crippen LogP contribution in [-0.2, 0) is 29.8 Å². The summed E-state index contributed by atoms with van der Waals surface area (Å²) in [5.74, 6) is -4.53. The van der Waals surface area contributed by atoms with Crippen LogP contribution in [0.5, 0.6) is 0 Å². The van der Waals surface area contributed by atoms with E-state index in [2.05, 4.69) is 15.4 Å². The van der Waals surface area contributed by atoms with Gasteiger partial charge in [0.1, 0.15) is 17.7 Å². The Morgan fingerprint density at radius 1 is 0.870 bits per heavy atom. The summed E-state index contributed by atoms with van der Waals surface area (Å²) in [5.41, 5.74) is -0.278. The first-order valence-corrected chi connectivity index (χ1v) is 16.6. The summed E-state index contributed by atoms with van der Waals surface area (Å²) in [4.78, 5) is 42.1. The van der Waals surface area contributed by atoms with Crippen molar-refractivity contribution in [3.63, 3.8) is 0 Å². The topological polar surface area (TPSA) is 125 Å². The van der Waals surface area contributed by atoms with Gasteiger partial charge in [-0.05, 0) is 62.1 Å². The molecule has 254 valence electrons. The molecule has 0 aliphatic heterocycles. The third-order valence-corrected chi connectivity index (χ3v) is 9.35. The molecule has 3 atom stereocenters. The van der Waals surface area contributed by atoms with Crippen LogP contribution in [0.15, 0.2) is 59.1 Å². The average molecular weight is 663 g/mol. The Labute approximate surface area is 272 Å². The van der Waals surface area contributed by atoms with Crippen LogP contribution in [0.4, 0.5) is 8.78 Å². The Hall–Kier alpha value is -3.64. The number of nitrogens with one attached hydrogen (secondary N) is 3. The highest BCUT2D eigenvalue weighted by atomic mass is 32.2. The standard InChI is InChI=1S/C34H48F2N4O5S/c1-20(2)27(16-22(4)30(41)39-46(44,45)26-14-12-21(3)13-15-26)40(11)32(43)29(33(5,6)7)38-31(42)28(37-10)34(8,9)23-17-24(35)19-25(36)18-23/h12-20,22,28-29,37H,1-11H3,(H,38,42)(H,39,41)/b27-16+. The lowest BCUT2D eigenvalue weighted by molar-refractivity contribution is -0.138. The van der Waals surface area contributed by atoms with Gasteiger partial charge in [-0.1, -0.05) is 72.2 Å². The molecule has 2 aromatic rings. The number of likely N-dealkylation sites (N-methyl/N-ethyl adjacent to an activating group) is 2. The molecular weight excluding hydrogens is 614 g/mol. The number of allylic oxidation sites excluding steroid dienone is 1. The van der Waals surface area contributed by atoms with Crippen molar-refractivity contribution >= 4 is 27.7 Å². The number of hydrogen-bond donors (Lipinski definition) is 3. The number of halogens is 2. The van der Waals surface area contributed by atoms with Crippen molar-refractivity contribution < 1.29 is 31.6 Å². The van der Waals surface area contributed by atoms with Crippen molar-refractivity contribution in [1.29, 1.82) is 0 Å². The van der Waals surface area contributed by atoms with Crippen LogP contribution in [0.2, 0.25) is 0 Å². The van der Waals surface area contributed by atoms with Crippen molar-refractivity contribution in [1.82, 2.24) is 20.3 Å². The second-order valence-corrected chi connectivity index (χ2v) is 15.3. The molecule has 0 heterocycles. The van der Waals surface area contributed by atoms with E-state index in [1.807, 2.05) is 20.8 Å². The molecule has 0 saturated heterocycles. The molecule has 9 nitrogen and oxygen atoms in total. The second-order valence-electron chi connectivity index (χ2n) is 13.6. The molecule has 0 aromatic heterocycles. The molecule has 0 bridgehead atoms. The molecule has 0 fully saturated rings. The molecule has 3 amide bonds. The van der Waals surface area contributed by atoms with Gasteiger partial charge in [-0.25, -0.2) is 21.9 Å². The smallest absolute Gasteiger partial charge is 0.264 e. The molecular formula is C34H48F2N4O5S. The Morgan fingerprint density at radius 3 is 1.85 bits per heavy atom. The molecule has 0 aliphatic carbocycles. The summed E-state index contributed by atoms with van der Waals surface area (Å²) in [6.07, 6.45) is 1.53. The number of aryl methyl sites for hydroxylation is 1. The van der Waals surface area contributed by atoms with Crippen LogP contribution in [-0.4, -0.2) is 57.2 Å². The molecule has 0 aliphatic rings. The molecule has 12 heteroatoms. The van der Waals surface area contributed by atoms with Crippen LogP contribution < -0.4 is 15.4 Å². The van der Waals surface area contributed by atoms with Gasteiger partial charge < -0.3 is 15.5 Å². The Balaban J connectivity index is 2.36. The maximum atomic E-state index is 14.1. The maximum Gasteiger partial charge on any atom is 0.264 e. The Morgan fingerprint density at radius 2 is 1.39 bits per heavy atom. The van der Waals surface area contributed by atoms with E-state index in [1.165, 1.54) is 49.2 Å². The van der Waals surface area contributed by atoms with E-state index < -0.39 is 68.2 Å². The minimum atomic E-state index is -4.11. The van der Waals surface area contributed by atoms with E-state index in [4.69, 9.17) is 0 Å². The summed E-state index contributed by atoms with van der Waals surface area (Å²) in [6.45, 7) is 15.7. The van der Waals surface area contributed by atoms with E-state index in [-0.39, 0.29) is 16.4 Å². The molecule has 0 spiro atoms. The lowest BCUT2D eigenvalue weighted by atomic mass is 9.76. The van der Waals surface area contributed by atoms with Gasteiger partial charge in [-0.3, -0.25) is 14.4 Å². The molecule has 3 unspecified atom stereocenters. The third-order valence-electron chi connectivity index (χ3n) is 7.99. The number of rotatable bonds is 12. The number of amides is 3. The normalized spacial score (nSPS) is 14.8. The molecule has 46 heavy (non-hydrogen) atoms. The van der Waals surface area contributed by atoms with Crippen molar-refractivity contribution in [2.24, 2.45) is 17.3 Å². The zero-order valence-electron chi connectivity index (χ0n) is 28.6. The maximum absolute atomic E-state index is 14.1. The Bertz CT molecular complexity index is 1540. The molecule has 2 rings (SSSR count). The third kappa shape index (κ3) is 9.45. The number of carbonyl (C=O) groups excluding carboxylic acids is 3. The summed E-state index contributed by atoms with van der Waals surface area (Å²) in [7, 11) is -1.03. The summed E-state index contributed by atoms with van der Waals surface area (Å²) < 4.78 is 55.8. The van der Waals surface area contributed by atoms with Crippen molar-refractivity contribution in [2.75, 3.05) is 14.1 Å². The number of hydrogen-bond acceptors (Lipinski definition) is 6. The summed E-state index contributed by atoms with van der Waals surface area (Å²) in [6, 6.07) is 7.16. The summed E-state index contributed by atoms with van der Waals surface area (Å²) in [5, 5.41) is 5.78. The minimum Gasteiger partial charge on any atom is -0.342 e. The van der Waals surface area contributed by atoms with Crippen molar-refractivity contribution in [3.8, 4) is 0 Å². The monoisotopic (exact) mass is 662 g/mol. The zero-order chi connectivity index (χ0) is 35.4. The van der Waals surface area contributed by atoms with Crippen LogP contribution in [0.25, 0.3) is 0 Å². The number of carbonyl (C=O) groups is 3. The van der Waals surface area contributed by atoms with Crippen LogP contribution in [0.3, 0.4) is 0 Å². The van der Waals surface area contributed by atoms with Gasteiger partial charge in [0.2, 0.25) is 17.7 Å². The van der Waals surface area contributed by atoms with Gasteiger partial charge in [0.15, 0.2) is 0 Å². The lowest BCUT2D eigenvalue weighted by Crippen LogP contribution is -2.60. The van der Waals surface area contributed by atoms with Crippen molar-refractivity contribution in [2.45, 2.75) is 84.7 Å². The van der Waals surface area contributed by atoms with Gasteiger partial charge in [-0.15, -0.1) is 0 Å². The first kappa shape index (κ1) is 38.5. The van der Waals surface area contributed by atoms with Gasteiger partial charge >= 0.3 is 0 Å². The van der Waals surface area contributed by atoms with E-state index in [9.17, 15) is 31.6 Å². The first-order chi connectivity index (χ1) is 21.0. The number of nitrogens with zero attached hydrogens (tertiary/aromatic N) is 1. The molecule has 2 aromatic carbocycles. The quantitative estimate of drug-likeness (QED) is 0.300. The van der Waals surface area contributed by atoms with E-state index in [0.29, 0.717) is 5.70 Å². The fourth-order valence-corrected chi connectivity index (χ4v) is 6.20. The van der Waals surface area contributed by atoms with E-state index in [0.717, 1.165) is 11.6 Å². The number of sulfonamides is 1. The average Bonchev–Trinajstić information content (AvgIpc) is 2.92. The van der Waals surface area contributed by atoms with E-state index in [1.54, 1.807) is 53.8 Å². The lowest BCUT2D eigenvalue weighted by Gasteiger charge is -2.39. The fourth-order valence-electron chi connectivity index (χ4n) is 5.13. The van der Waals surface area contributed by atoms with Crippen molar-refractivity contribution in [3.05, 3.63) is 77.0 Å². The summed E-state index contributed by atoms with van der Waals surface area (Å²) >= 11 is 0. The predicted octanol–water partition coefficient (Wildman–Crippen LogP) is 4.81. The van der Waals surface area contributed by atoms with E-state index >= 15 is 0 Å². The SMILES string of the molecule is CNC(C(=O)NC(C(=O)N(C)/C(=C/C(C)C(=O)NS(=O)(=O)c1ccc(C)cc1)C(C)C)C(C)(C)C)C(C)(C)c1cc(F)cc(F)c1. The van der Waals surface area contributed by atoms with Gasteiger partial charge in [-0.2, -0.15) is 0 Å². The minimum absolute atomic E-state index is 0.0478. The predicted molar refractivity (Wildman–Crippen MR) is 175 cm³/mol. The van der Waals surface area contributed by atoms with Gasteiger partial charge in [0.25, 0.3) is 10.0 Å². The van der Waals surface area contributed by atoms with Crippen LogP contribution >= 0.6 is 0 Å². The van der Waals surface area contributed by atoms with Crippen LogP contribution in [0, 0.1) is 35.8 Å². The first-order valence-electron chi connectivity index (χ1n) is 15.1. The van der Waals surface area contributed by atoms with Crippen LogP contribution in [0.1, 0.15) is 66.5 Å². The number of benzene rings is 2. The molecule has 0 radical (unpaired) electrons. The molecule has 0 saturated carbocycles. The fraction of sp³-hybridized carbons (Fsp3) is 0.500. The Kier molecular flexibility index (Phi) is 12.4. The highest BCUT2D eigenvalue weighted by Crippen LogP contribution is 2.30. The second kappa shape index (κ2) is 14.8.